The zero-order chi connectivity index (χ0) is 12.5. The smallest absolute Gasteiger partial charge is 0.00822 e. The molecule has 3 rings (SSSR count). The van der Waals surface area contributed by atoms with Gasteiger partial charge in [-0.1, -0.05) is 42.5 Å². The molecule has 2 aliphatic rings. The first-order valence-electron chi connectivity index (χ1n) is 6.93. The van der Waals surface area contributed by atoms with Crippen molar-refractivity contribution in [3.63, 3.8) is 0 Å². The summed E-state index contributed by atoms with van der Waals surface area (Å²) in [5, 5.41) is 0. The van der Waals surface area contributed by atoms with Crippen molar-refractivity contribution in [2.24, 2.45) is 0 Å². The van der Waals surface area contributed by atoms with Gasteiger partial charge < -0.3 is 0 Å². The average molecular weight is 236 g/mol. The monoisotopic (exact) mass is 236 g/mol. The van der Waals surface area contributed by atoms with Gasteiger partial charge >= 0.3 is 0 Å². The average Bonchev–Trinajstić information content (AvgIpc) is 2.88. The number of hydrogen-bond donors (Lipinski definition) is 0. The summed E-state index contributed by atoms with van der Waals surface area (Å²) in [5.41, 5.74) is 8.47. The van der Waals surface area contributed by atoms with Gasteiger partial charge in [-0.15, -0.1) is 0 Å². The van der Waals surface area contributed by atoms with Crippen molar-refractivity contribution < 1.29 is 0 Å². The number of rotatable bonds is 2. The van der Waals surface area contributed by atoms with Crippen LogP contribution in [0.1, 0.15) is 42.9 Å². The summed E-state index contributed by atoms with van der Waals surface area (Å²) in [4.78, 5) is 0. The predicted octanol–water partition coefficient (Wildman–Crippen LogP) is 4.86. The number of benzene rings is 1. The molecule has 0 N–H and O–H groups in total. The summed E-state index contributed by atoms with van der Waals surface area (Å²) < 4.78 is 0. The lowest BCUT2D eigenvalue weighted by molar-refractivity contribution is 0.685. The van der Waals surface area contributed by atoms with E-state index in [1.54, 1.807) is 11.1 Å². The molecule has 0 nitrogen and oxygen atoms in total. The number of allylic oxidation sites excluding steroid dienone is 5. The molecule has 0 amide bonds. The van der Waals surface area contributed by atoms with E-state index in [9.17, 15) is 0 Å². The highest BCUT2D eigenvalue weighted by Crippen LogP contribution is 2.32. The quantitative estimate of drug-likeness (QED) is 0.688. The number of fused-ring (bicyclic) bond motifs is 1. The van der Waals surface area contributed by atoms with Crippen LogP contribution in [0.4, 0.5) is 0 Å². The lowest BCUT2D eigenvalue weighted by atomic mass is 9.89. The van der Waals surface area contributed by atoms with Crippen molar-refractivity contribution in [3.8, 4) is 0 Å². The van der Waals surface area contributed by atoms with E-state index in [2.05, 4.69) is 43.9 Å². The summed E-state index contributed by atoms with van der Waals surface area (Å²) in [6.07, 6.45) is 10.9. The highest BCUT2D eigenvalue weighted by molar-refractivity contribution is 5.75. The Bertz CT molecular complexity index is 555. The summed E-state index contributed by atoms with van der Waals surface area (Å²) in [6, 6.07) is 7.05. The van der Waals surface area contributed by atoms with Crippen molar-refractivity contribution in [1.82, 2.24) is 0 Å². The van der Waals surface area contributed by atoms with E-state index in [0.717, 1.165) is 6.42 Å². The summed E-state index contributed by atoms with van der Waals surface area (Å²) in [6.45, 7) is 6.10. The second-order valence-corrected chi connectivity index (χ2v) is 5.50. The van der Waals surface area contributed by atoms with E-state index in [1.165, 1.54) is 48.0 Å². The zero-order valence-corrected chi connectivity index (χ0v) is 11.1. The van der Waals surface area contributed by atoms with E-state index in [4.69, 9.17) is 0 Å². The van der Waals surface area contributed by atoms with E-state index in [1.807, 2.05) is 0 Å². The van der Waals surface area contributed by atoms with E-state index in [-0.39, 0.29) is 0 Å². The molecule has 0 heteroatoms. The first kappa shape index (κ1) is 11.5. The number of hydrogen-bond acceptors (Lipinski definition) is 0. The molecule has 0 radical (unpaired) electrons. The minimum atomic E-state index is 1.06. The van der Waals surface area contributed by atoms with Gasteiger partial charge in [0, 0.05) is 0 Å². The van der Waals surface area contributed by atoms with Crippen LogP contribution in [-0.4, -0.2) is 0 Å². The van der Waals surface area contributed by atoms with E-state index < -0.39 is 0 Å². The Hall–Kier alpha value is -1.56. The standard InChI is InChI=1S/C18H20/c1-13(2)15-8-10-17(11-15)18-9-7-14-5-3-4-6-16(14)12-18/h7-9,11-12H,1,3-6,10H2,2H3. The van der Waals surface area contributed by atoms with Crippen LogP contribution in [0.3, 0.4) is 0 Å². The Labute approximate surface area is 110 Å². The summed E-state index contributed by atoms with van der Waals surface area (Å²) in [7, 11) is 0. The van der Waals surface area contributed by atoms with Crippen LogP contribution in [0.2, 0.25) is 0 Å². The maximum absolute atomic E-state index is 4.02. The minimum Gasteiger partial charge on any atom is -0.0955 e. The third kappa shape index (κ3) is 2.08. The fourth-order valence-corrected chi connectivity index (χ4v) is 2.96. The normalized spacial score (nSPS) is 18.1. The molecule has 0 heterocycles. The maximum atomic E-state index is 4.02. The molecule has 0 atom stereocenters. The van der Waals surface area contributed by atoms with Gasteiger partial charge in [-0.25, -0.2) is 0 Å². The molecule has 2 aliphatic carbocycles. The van der Waals surface area contributed by atoms with Gasteiger partial charge in [0.25, 0.3) is 0 Å². The lowest BCUT2D eigenvalue weighted by Gasteiger charge is -2.16. The molecular formula is C18H20. The molecule has 0 saturated carbocycles. The second-order valence-electron chi connectivity index (χ2n) is 5.50. The Balaban J connectivity index is 1.90. The van der Waals surface area contributed by atoms with Crippen molar-refractivity contribution in [2.75, 3.05) is 0 Å². The first-order valence-corrected chi connectivity index (χ1v) is 6.93. The molecule has 0 aliphatic heterocycles. The van der Waals surface area contributed by atoms with Gasteiger partial charge in [0.2, 0.25) is 0 Å². The second kappa shape index (κ2) is 4.61. The predicted molar refractivity (Wildman–Crippen MR) is 78.6 cm³/mol. The summed E-state index contributed by atoms with van der Waals surface area (Å²) in [5.74, 6) is 0. The van der Waals surface area contributed by atoms with Crippen molar-refractivity contribution in [3.05, 3.63) is 64.8 Å². The van der Waals surface area contributed by atoms with Gasteiger partial charge in [-0.2, -0.15) is 0 Å². The van der Waals surface area contributed by atoms with E-state index >= 15 is 0 Å². The molecule has 1 aromatic carbocycles. The molecule has 0 fully saturated rings. The molecule has 18 heavy (non-hydrogen) atoms. The molecule has 0 saturated heterocycles. The van der Waals surface area contributed by atoms with Gasteiger partial charge in [-0.3, -0.25) is 0 Å². The Kier molecular flexibility index (Phi) is 2.95. The molecule has 0 bridgehead atoms. The van der Waals surface area contributed by atoms with Crippen molar-refractivity contribution in [2.45, 2.75) is 39.0 Å². The Morgan fingerprint density at radius 1 is 1.11 bits per heavy atom. The van der Waals surface area contributed by atoms with Crippen molar-refractivity contribution >= 4 is 5.57 Å². The largest absolute Gasteiger partial charge is 0.0955 e. The Morgan fingerprint density at radius 2 is 1.89 bits per heavy atom. The van der Waals surface area contributed by atoms with Crippen LogP contribution in [0.25, 0.3) is 5.57 Å². The molecule has 0 spiro atoms. The molecule has 1 aromatic rings. The van der Waals surface area contributed by atoms with Crippen LogP contribution in [0, 0.1) is 0 Å². The minimum absolute atomic E-state index is 1.06. The fourth-order valence-electron chi connectivity index (χ4n) is 2.96. The van der Waals surface area contributed by atoms with Crippen LogP contribution in [0.15, 0.2) is 48.1 Å². The maximum Gasteiger partial charge on any atom is -0.00822 e. The molecule has 0 unspecified atom stereocenters. The van der Waals surface area contributed by atoms with E-state index in [0.29, 0.717) is 0 Å². The molecule has 0 aromatic heterocycles. The third-order valence-electron chi connectivity index (χ3n) is 4.08. The number of aryl methyl sites for hydroxylation is 2. The van der Waals surface area contributed by atoms with Gasteiger partial charge in [0.15, 0.2) is 0 Å². The van der Waals surface area contributed by atoms with Crippen molar-refractivity contribution in [1.29, 1.82) is 0 Å². The van der Waals surface area contributed by atoms with Crippen LogP contribution < -0.4 is 0 Å². The summed E-state index contributed by atoms with van der Waals surface area (Å²) >= 11 is 0. The van der Waals surface area contributed by atoms with Crippen LogP contribution in [0.5, 0.6) is 0 Å². The lowest BCUT2D eigenvalue weighted by Crippen LogP contribution is -2.02. The van der Waals surface area contributed by atoms with Gasteiger partial charge in [0.1, 0.15) is 0 Å². The fraction of sp³-hybridized carbons (Fsp3) is 0.333. The van der Waals surface area contributed by atoms with Crippen LogP contribution >= 0.6 is 0 Å². The third-order valence-corrected chi connectivity index (χ3v) is 4.08. The zero-order valence-electron chi connectivity index (χ0n) is 11.1. The van der Waals surface area contributed by atoms with Crippen LogP contribution in [-0.2, 0) is 12.8 Å². The highest BCUT2D eigenvalue weighted by atomic mass is 14.2. The SMILES string of the molecule is C=C(C)C1=CCC(c2ccc3c(c2)CCCC3)=C1. The highest BCUT2D eigenvalue weighted by Gasteiger charge is 2.13. The first-order chi connectivity index (χ1) is 8.74. The molecular weight excluding hydrogens is 216 g/mol. The van der Waals surface area contributed by atoms with Gasteiger partial charge in [-0.05, 0) is 66.9 Å². The van der Waals surface area contributed by atoms with Gasteiger partial charge in [0.05, 0.1) is 0 Å². The Morgan fingerprint density at radius 3 is 2.61 bits per heavy atom. The topological polar surface area (TPSA) is 0 Å². The molecule has 92 valence electrons.